The van der Waals surface area contributed by atoms with E-state index in [2.05, 4.69) is 5.10 Å². The lowest BCUT2D eigenvalue weighted by Gasteiger charge is -2.28. The lowest BCUT2D eigenvalue weighted by atomic mass is 9.92. The quantitative estimate of drug-likeness (QED) is 0.521. The van der Waals surface area contributed by atoms with E-state index in [9.17, 15) is 9.59 Å². The molecule has 0 bridgehead atoms. The molecule has 2 aromatic carbocycles. The number of methoxy groups -OCH3 is 1. The molecule has 1 aromatic heterocycles. The van der Waals surface area contributed by atoms with Gasteiger partial charge < -0.3 is 4.74 Å². The average molecular weight is 373 g/mol. The van der Waals surface area contributed by atoms with Crippen LogP contribution < -0.4 is 4.74 Å². The van der Waals surface area contributed by atoms with Crippen LogP contribution in [0.4, 0.5) is 0 Å². The Kier molecular flexibility index (Phi) is 4.53. The Morgan fingerprint density at radius 3 is 2.32 bits per heavy atom. The van der Waals surface area contributed by atoms with Gasteiger partial charge in [-0.2, -0.15) is 5.10 Å². The van der Waals surface area contributed by atoms with Gasteiger partial charge in [0.1, 0.15) is 5.75 Å². The zero-order valence-corrected chi connectivity index (χ0v) is 15.6. The number of imide groups is 1. The third-order valence-electron chi connectivity index (χ3n) is 4.82. The van der Waals surface area contributed by atoms with E-state index in [1.165, 1.54) is 4.90 Å². The topological polar surface area (TPSA) is 64.4 Å². The summed E-state index contributed by atoms with van der Waals surface area (Å²) in [5, 5.41) is 4.15. The summed E-state index contributed by atoms with van der Waals surface area (Å²) in [6.07, 6.45) is 3.45. The molecule has 0 N–H and O–H groups in total. The van der Waals surface area contributed by atoms with Crippen molar-refractivity contribution in [2.75, 3.05) is 7.11 Å². The Morgan fingerprint density at radius 2 is 1.68 bits per heavy atom. The second-order valence-electron chi connectivity index (χ2n) is 6.53. The Bertz CT molecular complexity index is 1080. The van der Waals surface area contributed by atoms with Crippen LogP contribution in [0.25, 0.3) is 11.6 Å². The van der Waals surface area contributed by atoms with E-state index in [0.717, 1.165) is 17.0 Å². The average Bonchev–Trinajstić information content (AvgIpc) is 3.13. The number of amides is 2. The fourth-order valence-corrected chi connectivity index (χ4v) is 3.27. The van der Waals surface area contributed by atoms with Crippen LogP contribution in [-0.2, 0) is 18.4 Å². The number of aromatic nitrogens is 2. The molecule has 2 heterocycles. The minimum Gasteiger partial charge on any atom is -0.497 e. The molecular formula is C22H19N3O3. The number of hydrogen-bond acceptors (Lipinski definition) is 4. The van der Waals surface area contributed by atoms with Crippen molar-refractivity contribution < 1.29 is 14.3 Å². The van der Waals surface area contributed by atoms with Crippen LogP contribution in [0, 0.1) is 0 Å². The largest absolute Gasteiger partial charge is 0.497 e. The first-order valence-corrected chi connectivity index (χ1v) is 8.86. The highest BCUT2D eigenvalue weighted by Crippen LogP contribution is 2.31. The number of nitrogens with zero attached hydrogens (tertiary/aromatic N) is 3. The molecule has 2 amide bonds. The Labute approximate surface area is 162 Å². The zero-order chi connectivity index (χ0) is 19.7. The second kappa shape index (κ2) is 7.15. The van der Waals surface area contributed by atoms with Gasteiger partial charge in [0.2, 0.25) is 0 Å². The number of carbonyl (C=O) groups excluding carboxylic acids is 2. The molecule has 0 fully saturated rings. The number of rotatable bonds is 4. The first-order valence-electron chi connectivity index (χ1n) is 8.86. The van der Waals surface area contributed by atoms with Gasteiger partial charge in [0.15, 0.2) is 0 Å². The maximum Gasteiger partial charge on any atom is 0.261 e. The Balaban J connectivity index is 1.76. The van der Waals surface area contributed by atoms with E-state index in [0.29, 0.717) is 16.7 Å². The zero-order valence-electron chi connectivity index (χ0n) is 15.6. The van der Waals surface area contributed by atoms with Gasteiger partial charge in [-0.05, 0) is 35.9 Å². The number of fused-ring (bicyclic) bond motifs is 1. The summed E-state index contributed by atoms with van der Waals surface area (Å²) in [6, 6.07) is 16.3. The number of aryl methyl sites for hydroxylation is 1. The van der Waals surface area contributed by atoms with Crippen LogP contribution in [0.3, 0.4) is 0 Å². The Morgan fingerprint density at radius 1 is 0.964 bits per heavy atom. The summed E-state index contributed by atoms with van der Waals surface area (Å²) in [6.45, 7) is 0.193. The van der Waals surface area contributed by atoms with Gasteiger partial charge in [0.05, 0.1) is 24.9 Å². The van der Waals surface area contributed by atoms with Crippen molar-refractivity contribution in [1.29, 1.82) is 0 Å². The molecule has 0 radical (unpaired) electrons. The highest BCUT2D eigenvalue weighted by molar-refractivity contribution is 6.33. The molecule has 0 unspecified atom stereocenters. The molecule has 3 aromatic rings. The minimum atomic E-state index is -0.319. The fourth-order valence-electron chi connectivity index (χ4n) is 3.27. The summed E-state index contributed by atoms with van der Waals surface area (Å²) < 4.78 is 6.86. The molecule has 0 saturated carbocycles. The third kappa shape index (κ3) is 3.09. The summed E-state index contributed by atoms with van der Waals surface area (Å²) in [5.74, 6) is 0.112. The van der Waals surface area contributed by atoms with Crippen molar-refractivity contribution in [3.63, 3.8) is 0 Å². The van der Waals surface area contributed by atoms with E-state index in [-0.39, 0.29) is 18.4 Å². The monoisotopic (exact) mass is 373 g/mol. The number of hydrogen-bond donors (Lipinski definition) is 0. The van der Waals surface area contributed by atoms with E-state index in [1.54, 1.807) is 42.3 Å². The fraction of sp³-hybridized carbons (Fsp3) is 0.136. The van der Waals surface area contributed by atoms with Crippen molar-refractivity contribution in [3.05, 3.63) is 83.2 Å². The van der Waals surface area contributed by atoms with E-state index >= 15 is 0 Å². The predicted octanol–water partition coefficient (Wildman–Crippen LogP) is 3.15. The van der Waals surface area contributed by atoms with Crippen LogP contribution >= 0.6 is 0 Å². The van der Waals surface area contributed by atoms with Gasteiger partial charge in [-0.25, -0.2) is 0 Å². The van der Waals surface area contributed by atoms with Crippen molar-refractivity contribution in [3.8, 4) is 5.75 Å². The molecule has 0 atom stereocenters. The van der Waals surface area contributed by atoms with E-state index in [1.807, 2.05) is 43.4 Å². The molecule has 6 nitrogen and oxygen atoms in total. The molecule has 6 heteroatoms. The molecule has 140 valence electrons. The molecule has 0 saturated heterocycles. The standard InChI is InChI=1S/C22H19N3O3/c1-24-16(11-12-23-24)13-20-18-5-3-4-6-19(18)21(26)25(22(20)27)14-15-7-9-17(28-2)10-8-15/h3-13H,14H2,1-2H3/b20-13-. The van der Waals surface area contributed by atoms with Crippen LogP contribution in [-0.4, -0.2) is 33.6 Å². The normalized spacial score (nSPS) is 15.1. The lowest BCUT2D eigenvalue weighted by molar-refractivity contribution is -0.123. The Hall–Kier alpha value is -3.67. The molecule has 1 aliphatic rings. The number of ether oxygens (including phenoxy) is 1. The van der Waals surface area contributed by atoms with Crippen molar-refractivity contribution in [2.24, 2.45) is 7.05 Å². The third-order valence-corrected chi connectivity index (χ3v) is 4.82. The highest BCUT2D eigenvalue weighted by atomic mass is 16.5. The molecule has 4 rings (SSSR count). The van der Waals surface area contributed by atoms with Crippen LogP contribution in [0.2, 0.25) is 0 Å². The maximum absolute atomic E-state index is 13.2. The van der Waals surface area contributed by atoms with Gasteiger partial charge in [0.25, 0.3) is 11.8 Å². The van der Waals surface area contributed by atoms with Gasteiger partial charge in [-0.15, -0.1) is 0 Å². The molecule has 0 aliphatic carbocycles. The van der Waals surface area contributed by atoms with Crippen molar-refractivity contribution >= 4 is 23.5 Å². The summed E-state index contributed by atoms with van der Waals surface area (Å²) >= 11 is 0. The van der Waals surface area contributed by atoms with E-state index in [4.69, 9.17) is 4.74 Å². The van der Waals surface area contributed by atoms with Crippen molar-refractivity contribution in [1.82, 2.24) is 14.7 Å². The molecule has 1 aliphatic heterocycles. The molecule has 28 heavy (non-hydrogen) atoms. The second-order valence-corrected chi connectivity index (χ2v) is 6.53. The van der Waals surface area contributed by atoms with E-state index < -0.39 is 0 Å². The molecular weight excluding hydrogens is 354 g/mol. The maximum atomic E-state index is 13.2. The van der Waals surface area contributed by atoms with Crippen molar-refractivity contribution in [2.45, 2.75) is 6.54 Å². The number of carbonyl (C=O) groups is 2. The first kappa shape index (κ1) is 17.7. The SMILES string of the molecule is COc1ccc(CN2C(=O)/C(=C\c3ccnn3C)c3ccccc3C2=O)cc1. The van der Waals surface area contributed by atoms with Crippen LogP contribution in [0.1, 0.15) is 27.2 Å². The smallest absolute Gasteiger partial charge is 0.261 e. The lowest BCUT2D eigenvalue weighted by Crippen LogP contribution is -2.41. The minimum absolute atomic E-state index is 0.193. The summed E-state index contributed by atoms with van der Waals surface area (Å²) in [7, 11) is 3.41. The summed E-state index contributed by atoms with van der Waals surface area (Å²) in [5.41, 5.74) is 3.28. The van der Waals surface area contributed by atoms with Gasteiger partial charge in [-0.3, -0.25) is 19.2 Å². The number of benzene rings is 2. The molecule has 0 spiro atoms. The predicted molar refractivity (Wildman–Crippen MR) is 105 cm³/mol. The first-order chi connectivity index (χ1) is 13.6. The van der Waals surface area contributed by atoms with Gasteiger partial charge in [-0.1, -0.05) is 30.3 Å². The van der Waals surface area contributed by atoms with Gasteiger partial charge >= 0.3 is 0 Å². The van der Waals surface area contributed by atoms with Gasteiger partial charge in [0, 0.05) is 24.4 Å². The summed E-state index contributed by atoms with van der Waals surface area (Å²) in [4.78, 5) is 27.5. The highest BCUT2D eigenvalue weighted by Gasteiger charge is 2.34. The van der Waals surface area contributed by atoms with Crippen LogP contribution in [0.15, 0.2) is 60.8 Å². The van der Waals surface area contributed by atoms with Crippen LogP contribution in [0.5, 0.6) is 5.75 Å².